The predicted molar refractivity (Wildman–Crippen MR) is 98.3 cm³/mol. The van der Waals surface area contributed by atoms with Crippen molar-refractivity contribution in [1.29, 1.82) is 0 Å². The minimum Gasteiger partial charge on any atom is -0.207 e. The van der Waals surface area contributed by atoms with Gasteiger partial charge in [-0.25, -0.2) is 13.1 Å². The summed E-state index contributed by atoms with van der Waals surface area (Å²) in [6.07, 6.45) is 4.15. The van der Waals surface area contributed by atoms with Crippen LogP contribution in [0.3, 0.4) is 0 Å². The van der Waals surface area contributed by atoms with Gasteiger partial charge in [0.2, 0.25) is 10.0 Å². The molecule has 2 aliphatic carbocycles. The van der Waals surface area contributed by atoms with E-state index in [2.05, 4.69) is 44.9 Å². The number of fused-ring (bicyclic) bond motifs is 3. The number of hydrogen-bond donors (Lipinski definition) is 1. The number of halogens is 1. The predicted octanol–water partition coefficient (Wildman–Crippen LogP) is 3.92. The molecule has 0 spiro atoms. The maximum absolute atomic E-state index is 12.8. The highest BCUT2D eigenvalue weighted by atomic mass is 79.9. The Labute approximate surface area is 151 Å². The summed E-state index contributed by atoms with van der Waals surface area (Å²) in [5.41, 5.74) is 2.77. The fraction of sp³-hybridized carbons (Fsp3) is 0.368. The summed E-state index contributed by atoms with van der Waals surface area (Å²) in [5, 5.41) is 0. The summed E-state index contributed by atoms with van der Waals surface area (Å²) in [4.78, 5) is 0.340. The summed E-state index contributed by atoms with van der Waals surface area (Å²) in [7, 11) is -3.48. The topological polar surface area (TPSA) is 46.2 Å². The second-order valence-electron chi connectivity index (χ2n) is 6.88. The maximum atomic E-state index is 12.8. The Morgan fingerprint density at radius 2 is 1.42 bits per heavy atom. The van der Waals surface area contributed by atoms with Gasteiger partial charge in [0.1, 0.15) is 0 Å². The number of rotatable bonds is 3. The molecule has 2 aromatic rings. The Morgan fingerprint density at radius 1 is 0.875 bits per heavy atom. The third-order valence-electron chi connectivity index (χ3n) is 5.42. The molecule has 0 amide bonds. The van der Waals surface area contributed by atoms with E-state index in [4.69, 9.17) is 0 Å². The quantitative estimate of drug-likeness (QED) is 0.840. The highest BCUT2D eigenvalue weighted by Crippen LogP contribution is 2.40. The standard InChI is InChI=1S/C19H20BrNO2S/c20-17-7-9-18(10-8-17)24(22,23)21-19-15-5-6-16(19)12-14-4-2-1-3-13(14)11-15/h1-4,7-10,15-16,19,21H,5-6,11-12H2. The largest absolute Gasteiger partial charge is 0.240 e. The highest BCUT2D eigenvalue weighted by Gasteiger charge is 2.41. The van der Waals surface area contributed by atoms with Crippen molar-refractivity contribution < 1.29 is 8.42 Å². The third-order valence-corrected chi connectivity index (χ3v) is 7.43. The molecule has 126 valence electrons. The number of benzene rings is 2. The summed E-state index contributed by atoms with van der Waals surface area (Å²) < 4.78 is 29.5. The van der Waals surface area contributed by atoms with Crippen LogP contribution >= 0.6 is 15.9 Å². The van der Waals surface area contributed by atoms with Gasteiger partial charge in [0.05, 0.1) is 4.90 Å². The molecule has 0 aliphatic heterocycles. The van der Waals surface area contributed by atoms with E-state index >= 15 is 0 Å². The molecule has 24 heavy (non-hydrogen) atoms. The molecule has 4 rings (SSSR count). The molecule has 2 atom stereocenters. The van der Waals surface area contributed by atoms with Gasteiger partial charge in [-0.05, 0) is 72.9 Å². The summed E-state index contributed by atoms with van der Waals surface area (Å²) in [5.74, 6) is 0.785. The van der Waals surface area contributed by atoms with Gasteiger partial charge in [-0.2, -0.15) is 0 Å². The van der Waals surface area contributed by atoms with E-state index < -0.39 is 10.0 Å². The van der Waals surface area contributed by atoms with Crippen LogP contribution in [0.4, 0.5) is 0 Å². The molecule has 0 saturated heterocycles. The molecule has 1 N–H and O–H groups in total. The average Bonchev–Trinajstić information content (AvgIpc) is 2.82. The molecule has 0 heterocycles. The molecule has 2 unspecified atom stereocenters. The second-order valence-corrected chi connectivity index (χ2v) is 9.51. The zero-order valence-corrected chi connectivity index (χ0v) is 15.7. The van der Waals surface area contributed by atoms with Crippen molar-refractivity contribution in [3.8, 4) is 0 Å². The van der Waals surface area contributed by atoms with Gasteiger partial charge in [-0.1, -0.05) is 40.2 Å². The summed E-state index contributed by atoms with van der Waals surface area (Å²) in [6, 6.07) is 15.4. The van der Waals surface area contributed by atoms with Crippen molar-refractivity contribution in [3.63, 3.8) is 0 Å². The minimum absolute atomic E-state index is 0.0334. The van der Waals surface area contributed by atoms with E-state index in [9.17, 15) is 8.42 Å². The van der Waals surface area contributed by atoms with Crippen molar-refractivity contribution in [3.05, 3.63) is 64.1 Å². The first-order valence-corrected chi connectivity index (χ1v) is 10.7. The third kappa shape index (κ3) is 3.05. The molecule has 2 aromatic carbocycles. The normalized spacial score (nSPS) is 26.0. The van der Waals surface area contributed by atoms with Crippen LogP contribution in [0.15, 0.2) is 57.9 Å². The van der Waals surface area contributed by atoms with Gasteiger partial charge in [0, 0.05) is 10.5 Å². The first-order chi connectivity index (χ1) is 11.5. The lowest BCUT2D eigenvalue weighted by Crippen LogP contribution is -2.41. The highest BCUT2D eigenvalue weighted by molar-refractivity contribution is 9.10. The van der Waals surface area contributed by atoms with Gasteiger partial charge >= 0.3 is 0 Å². The van der Waals surface area contributed by atoms with E-state index in [1.165, 1.54) is 11.1 Å². The minimum atomic E-state index is -3.48. The van der Waals surface area contributed by atoms with E-state index in [0.717, 1.165) is 30.2 Å². The lowest BCUT2D eigenvalue weighted by atomic mass is 9.94. The number of hydrogen-bond acceptors (Lipinski definition) is 2. The lowest BCUT2D eigenvalue weighted by Gasteiger charge is -2.23. The molecule has 3 nitrogen and oxygen atoms in total. The Kier molecular flexibility index (Phi) is 4.27. The Hall–Kier alpha value is -1.17. The summed E-state index contributed by atoms with van der Waals surface area (Å²) >= 11 is 3.35. The first-order valence-electron chi connectivity index (χ1n) is 8.37. The molecule has 2 aliphatic rings. The Morgan fingerprint density at radius 3 is 1.96 bits per heavy atom. The zero-order chi connectivity index (χ0) is 16.7. The van der Waals surface area contributed by atoms with E-state index in [0.29, 0.717) is 16.7 Å². The molecule has 1 fully saturated rings. The van der Waals surface area contributed by atoms with Gasteiger partial charge in [-0.15, -0.1) is 0 Å². The van der Waals surface area contributed by atoms with Gasteiger partial charge in [-0.3, -0.25) is 0 Å². The molecular formula is C19H20BrNO2S. The maximum Gasteiger partial charge on any atom is 0.240 e. The van der Waals surface area contributed by atoms with E-state index in [1.54, 1.807) is 24.3 Å². The van der Waals surface area contributed by atoms with Crippen LogP contribution in [-0.4, -0.2) is 14.5 Å². The Balaban J connectivity index is 1.60. The first kappa shape index (κ1) is 16.3. The molecule has 1 saturated carbocycles. The molecule has 5 heteroatoms. The van der Waals surface area contributed by atoms with Crippen LogP contribution in [0, 0.1) is 11.8 Å². The van der Waals surface area contributed by atoms with E-state index in [-0.39, 0.29) is 6.04 Å². The fourth-order valence-electron chi connectivity index (χ4n) is 4.20. The zero-order valence-electron chi connectivity index (χ0n) is 13.3. The SMILES string of the molecule is O=S(=O)(NC1C2CCC1Cc1ccccc1C2)c1ccc(Br)cc1. The Bertz CT molecular complexity index is 815. The van der Waals surface area contributed by atoms with Crippen molar-refractivity contribution in [2.75, 3.05) is 0 Å². The van der Waals surface area contributed by atoms with Crippen LogP contribution in [-0.2, 0) is 22.9 Å². The summed E-state index contributed by atoms with van der Waals surface area (Å²) in [6.45, 7) is 0. The van der Waals surface area contributed by atoms with Crippen LogP contribution in [0.1, 0.15) is 24.0 Å². The smallest absolute Gasteiger partial charge is 0.207 e. The average molecular weight is 406 g/mol. The van der Waals surface area contributed by atoms with Gasteiger partial charge in [0.25, 0.3) is 0 Å². The van der Waals surface area contributed by atoms with Crippen molar-refractivity contribution in [2.24, 2.45) is 11.8 Å². The number of sulfonamides is 1. The van der Waals surface area contributed by atoms with Crippen LogP contribution in [0.2, 0.25) is 0 Å². The van der Waals surface area contributed by atoms with Crippen molar-refractivity contribution in [1.82, 2.24) is 4.72 Å². The van der Waals surface area contributed by atoms with Crippen molar-refractivity contribution in [2.45, 2.75) is 36.6 Å². The van der Waals surface area contributed by atoms with Crippen LogP contribution in [0.5, 0.6) is 0 Å². The fourth-order valence-corrected chi connectivity index (χ4v) is 5.84. The lowest BCUT2D eigenvalue weighted by molar-refractivity contribution is 0.386. The molecule has 0 radical (unpaired) electrons. The van der Waals surface area contributed by atoms with Crippen LogP contribution < -0.4 is 4.72 Å². The van der Waals surface area contributed by atoms with Crippen LogP contribution in [0.25, 0.3) is 0 Å². The molecule has 2 bridgehead atoms. The second kappa shape index (κ2) is 6.28. The van der Waals surface area contributed by atoms with Crippen molar-refractivity contribution >= 4 is 26.0 Å². The molecular weight excluding hydrogens is 386 g/mol. The van der Waals surface area contributed by atoms with Gasteiger partial charge < -0.3 is 0 Å². The van der Waals surface area contributed by atoms with E-state index in [1.807, 2.05) is 0 Å². The monoisotopic (exact) mass is 405 g/mol. The van der Waals surface area contributed by atoms with Gasteiger partial charge in [0.15, 0.2) is 0 Å². The molecule has 0 aromatic heterocycles. The number of nitrogens with one attached hydrogen (secondary N) is 1.